The van der Waals surface area contributed by atoms with Gasteiger partial charge in [-0.25, -0.2) is 0 Å². The van der Waals surface area contributed by atoms with Crippen LogP contribution in [0.3, 0.4) is 0 Å². The maximum atomic E-state index is 12.7. The van der Waals surface area contributed by atoms with Gasteiger partial charge in [0.1, 0.15) is 0 Å². The summed E-state index contributed by atoms with van der Waals surface area (Å²) in [7, 11) is 0. The first kappa shape index (κ1) is 12.1. The normalized spacial score (nSPS) is 34.8. The molecule has 84 valence electrons. The van der Waals surface area contributed by atoms with Gasteiger partial charge in [0.25, 0.3) is 0 Å². The van der Waals surface area contributed by atoms with Crippen LogP contribution in [-0.4, -0.2) is 18.9 Å². The minimum atomic E-state index is -0.368. The standard InChI is InChI=1S/C12H19FN2/c1-8-5-10(6-13)12(15)4-3-11(8)9(2)7-14/h3-4,7-8,10,12,14H,5-6,15H2,1-2H3/b11-9-,14-7?. The van der Waals surface area contributed by atoms with E-state index in [1.165, 1.54) is 6.21 Å². The molecule has 2 nitrogen and oxygen atoms in total. The Morgan fingerprint density at radius 3 is 2.93 bits per heavy atom. The van der Waals surface area contributed by atoms with Crippen LogP contribution in [0.15, 0.2) is 23.3 Å². The highest BCUT2D eigenvalue weighted by Crippen LogP contribution is 2.28. The lowest BCUT2D eigenvalue weighted by molar-refractivity contribution is 0.302. The van der Waals surface area contributed by atoms with Crippen LogP contribution < -0.4 is 5.73 Å². The fourth-order valence-corrected chi connectivity index (χ4v) is 2.04. The van der Waals surface area contributed by atoms with Crippen LogP contribution in [0.2, 0.25) is 0 Å². The third-order valence-electron chi connectivity index (χ3n) is 3.10. The second kappa shape index (κ2) is 5.21. The van der Waals surface area contributed by atoms with Crippen molar-refractivity contribution in [2.45, 2.75) is 26.3 Å². The van der Waals surface area contributed by atoms with Crippen molar-refractivity contribution in [1.82, 2.24) is 0 Å². The van der Waals surface area contributed by atoms with E-state index >= 15 is 0 Å². The summed E-state index contributed by atoms with van der Waals surface area (Å²) >= 11 is 0. The predicted molar refractivity (Wildman–Crippen MR) is 61.8 cm³/mol. The van der Waals surface area contributed by atoms with Gasteiger partial charge in [0.15, 0.2) is 0 Å². The highest BCUT2D eigenvalue weighted by molar-refractivity contribution is 5.77. The number of hydrogen-bond acceptors (Lipinski definition) is 2. The van der Waals surface area contributed by atoms with Crippen LogP contribution >= 0.6 is 0 Å². The van der Waals surface area contributed by atoms with Crippen molar-refractivity contribution >= 4 is 6.21 Å². The summed E-state index contributed by atoms with van der Waals surface area (Å²) in [6, 6.07) is -0.200. The van der Waals surface area contributed by atoms with Crippen LogP contribution in [0.1, 0.15) is 20.3 Å². The lowest BCUT2D eigenvalue weighted by Gasteiger charge is -2.19. The molecule has 0 aliphatic heterocycles. The Balaban J connectivity index is 2.97. The second-order valence-electron chi connectivity index (χ2n) is 4.27. The van der Waals surface area contributed by atoms with Crippen molar-refractivity contribution in [2.75, 3.05) is 6.67 Å². The molecule has 0 aromatic carbocycles. The molecule has 0 saturated heterocycles. The number of alkyl halides is 1. The summed E-state index contributed by atoms with van der Waals surface area (Å²) in [5, 5.41) is 7.23. The third-order valence-corrected chi connectivity index (χ3v) is 3.10. The van der Waals surface area contributed by atoms with E-state index in [0.29, 0.717) is 0 Å². The summed E-state index contributed by atoms with van der Waals surface area (Å²) < 4.78 is 12.7. The summed E-state index contributed by atoms with van der Waals surface area (Å²) in [6.07, 6.45) is 5.91. The predicted octanol–water partition coefficient (Wildman–Crippen LogP) is 2.46. The van der Waals surface area contributed by atoms with Gasteiger partial charge in [-0.3, -0.25) is 4.39 Å². The summed E-state index contributed by atoms with van der Waals surface area (Å²) in [6.45, 7) is 3.60. The molecule has 0 radical (unpaired) electrons. The van der Waals surface area contributed by atoms with Gasteiger partial charge in [0.2, 0.25) is 0 Å². The molecular formula is C12H19FN2. The average molecular weight is 210 g/mol. The fourth-order valence-electron chi connectivity index (χ4n) is 2.04. The van der Waals surface area contributed by atoms with E-state index in [-0.39, 0.29) is 24.6 Å². The first-order valence-electron chi connectivity index (χ1n) is 5.31. The van der Waals surface area contributed by atoms with E-state index in [1.807, 2.05) is 19.1 Å². The topological polar surface area (TPSA) is 49.9 Å². The highest BCUT2D eigenvalue weighted by atomic mass is 19.1. The lowest BCUT2D eigenvalue weighted by Crippen LogP contribution is -2.29. The number of hydrogen-bond donors (Lipinski definition) is 2. The van der Waals surface area contributed by atoms with Crippen molar-refractivity contribution in [3.63, 3.8) is 0 Å². The molecule has 1 aliphatic rings. The number of allylic oxidation sites excluding steroid dienone is 3. The largest absolute Gasteiger partial charge is 0.324 e. The summed E-state index contributed by atoms with van der Waals surface area (Å²) in [5.74, 6) is 0.185. The monoisotopic (exact) mass is 210 g/mol. The van der Waals surface area contributed by atoms with Crippen LogP contribution in [0.25, 0.3) is 0 Å². The van der Waals surface area contributed by atoms with Gasteiger partial charge >= 0.3 is 0 Å². The average Bonchev–Trinajstić information content (AvgIpc) is 2.37. The molecule has 0 spiro atoms. The molecule has 0 aromatic heterocycles. The molecule has 3 atom stereocenters. The fraction of sp³-hybridized carbons (Fsp3) is 0.583. The molecule has 0 aromatic rings. The quantitative estimate of drug-likeness (QED) is 0.676. The molecule has 0 saturated carbocycles. The molecule has 0 fully saturated rings. The first-order chi connectivity index (χ1) is 7.10. The molecule has 3 N–H and O–H groups in total. The van der Waals surface area contributed by atoms with Gasteiger partial charge in [0, 0.05) is 18.2 Å². The van der Waals surface area contributed by atoms with Gasteiger partial charge in [-0.2, -0.15) is 0 Å². The Bertz CT molecular complexity index is 294. The maximum Gasteiger partial charge on any atom is 0.0940 e. The lowest BCUT2D eigenvalue weighted by atomic mass is 9.89. The van der Waals surface area contributed by atoms with Crippen molar-refractivity contribution in [1.29, 1.82) is 5.41 Å². The van der Waals surface area contributed by atoms with Crippen molar-refractivity contribution in [2.24, 2.45) is 17.6 Å². The smallest absolute Gasteiger partial charge is 0.0940 e. The van der Waals surface area contributed by atoms with Gasteiger partial charge in [-0.15, -0.1) is 0 Å². The van der Waals surface area contributed by atoms with Crippen LogP contribution in [0, 0.1) is 17.2 Å². The van der Waals surface area contributed by atoms with Crippen molar-refractivity contribution in [3.05, 3.63) is 23.3 Å². The Morgan fingerprint density at radius 1 is 1.73 bits per heavy atom. The Hall–Kier alpha value is -0.960. The zero-order valence-corrected chi connectivity index (χ0v) is 9.33. The van der Waals surface area contributed by atoms with Crippen molar-refractivity contribution < 1.29 is 4.39 Å². The second-order valence-corrected chi connectivity index (χ2v) is 4.27. The molecule has 15 heavy (non-hydrogen) atoms. The Morgan fingerprint density at radius 2 is 2.40 bits per heavy atom. The first-order valence-corrected chi connectivity index (χ1v) is 5.31. The SMILES string of the molecule is C/C(C=N)=C1\C=CC(N)C(CF)CC1C. The van der Waals surface area contributed by atoms with E-state index in [9.17, 15) is 4.39 Å². The number of rotatable bonds is 2. The summed E-state index contributed by atoms with van der Waals surface area (Å²) in [4.78, 5) is 0. The Labute approximate surface area is 90.6 Å². The van der Waals surface area contributed by atoms with Crippen molar-refractivity contribution in [3.8, 4) is 0 Å². The number of halogens is 1. The number of nitrogens with one attached hydrogen (secondary N) is 1. The van der Waals surface area contributed by atoms with E-state index in [1.54, 1.807) is 0 Å². The third kappa shape index (κ3) is 2.75. The molecule has 3 unspecified atom stereocenters. The molecule has 0 heterocycles. The van der Waals surface area contributed by atoms with Gasteiger partial charge < -0.3 is 11.1 Å². The van der Waals surface area contributed by atoms with E-state index in [2.05, 4.69) is 6.92 Å². The van der Waals surface area contributed by atoms with Gasteiger partial charge in [0.05, 0.1) is 6.67 Å². The minimum absolute atomic E-state index is 0.0905. The summed E-state index contributed by atoms with van der Waals surface area (Å²) in [5.41, 5.74) is 7.89. The molecule has 1 rings (SSSR count). The van der Waals surface area contributed by atoms with E-state index in [4.69, 9.17) is 11.1 Å². The molecule has 0 amide bonds. The van der Waals surface area contributed by atoms with Gasteiger partial charge in [-0.1, -0.05) is 19.1 Å². The molecule has 0 bridgehead atoms. The number of nitrogens with two attached hydrogens (primary N) is 1. The Kier molecular flexibility index (Phi) is 4.21. The van der Waals surface area contributed by atoms with Crippen LogP contribution in [0.5, 0.6) is 0 Å². The van der Waals surface area contributed by atoms with Crippen LogP contribution in [-0.2, 0) is 0 Å². The van der Waals surface area contributed by atoms with Gasteiger partial charge in [-0.05, 0) is 30.4 Å². The molecular weight excluding hydrogens is 191 g/mol. The highest BCUT2D eigenvalue weighted by Gasteiger charge is 2.23. The maximum absolute atomic E-state index is 12.7. The van der Waals surface area contributed by atoms with E-state index in [0.717, 1.165) is 17.6 Å². The molecule has 3 heteroatoms. The molecule has 1 aliphatic carbocycles. The van der Waals surface area contributed by atoms with Crippen LogP contribution in [0.4, 0.5) is 4.39 Å². The minimum Gasteiger partial charge on any atom is -0.324 e. The zero-order valence-electron chi connectivity index (χ0n) is 9.33. The van der Waals surface area contributed by atoms with E-state index < -0.39 is 0 Å². The zero-order chi connectivity index (χ0) is 11.4.